The number of carbonyl (C=O) groups is 2. The Bertz CT molecular complexity index is 813. The molecule has 2 aliphatic rings. The maximum absolute atomic E-state index is 12.9. The van der Waals surface area contributed by atoms with E-state index in [0.717, 1.165) is 44.5 Å². The van der Waals surface area contributed by atoms with Crippen LogP contribution in [-0.2, 0) is 4.79 Å². The van der Waals surface area contributed by atoms with Crippen LogP contribution >= 0.6 is 0 Å². The van der Waals surface area contributed by atoms with E-state index in [1.54, 1.807) is 10.7 Å². The largest absolute Gasteiger partial charge is 0.354 e. The summed E-state index contributed by atoms with van der Waals surface area (Å²) in [5, 5.41) is 10.7. The summed E-state index contributed by atoms with van der Waals surface area (Å²) in [7, 11) is 0. The minimum Gasteiger partial charge on any atom is -0.354 e. The fourth-order valence-corrected chi connectivity index (χ4v) is 4.02. The molecule has 2 aromatic rings. The van der Waals surface area contributed by atoms with Crippen molar-refractivity contribution in [3.63, 3.8) is 0 Å². The van der Waals surface area contributed by atoms with Crippen LogP contribution in [0.5, 0.6) is 0 Å². The van der Waals surface area contributed by atoms with Gasteiger partial charge in [0.05, 0.1) is 11.7 Å². The molecule has 0 bridgehead atoms. The summed E-state index contributed by atoms with van der Waals surface area (Å²) in [4.78, 5) is 27.0. The van der Waals surface area contributed by atoms with Crippen LogP contribution in [-0.4, -0.2) is 58.7 Å². The van der Waals surface area contributed by atoms with Crippen LogP contribution in [0.25, 0.3) is 5.69 Å². The first-order valence-corrected chi connectivity index (χ1v) is 10.1. The zero-order chi connectivity index (χ0) is 19.3. The van der Waals surface area contributed by atoms with Crippen molar-refractivity contribution >= 4 is 11.8 Å². The van der Waals surface area contributed by atoms with Crippen molar-refractivity contribution in [3.05, 3.63) is 48.3 Å². The highest BCUT2D eigenvalue weighted by Gasteiger charge is 2.27. The smallest absolute Gasteiger partial charge is 0.274 e. The molecule has 7 heteroatoms. The molecule has 2 amide bonds. The molecule has 2 saturated heterocycles. The zero-order valence-corrected chi connectivity index (χ0v) is 16.0. The normalized spacial score (nSPS) is 22.2. The van der Waals surface area contributed by atoms with Crippen LogP contribution in [0.1, 0.15) is 36.2 Å². The summed E-state index contributed by atoms with van der Waals surface area (Å²) in [5.74, 6) is 0.338. The first-order chi connectivity index (χ1) is 13.7. The molecule has 4 rings (SSSR count). The highest BCUT2D eigenvalue weighted by atomic mass is 16.2. The van der Waals surface area contributed by atoms with E-state index in [4.69, 9.17) is 0 Å². The Morgan fingerprint density at radius 3 is 2.79 bits per heavy atom. The quantitative estimate of drug-likeness (QED) is 0.824. The molecule has 2 N–H and O–H groups in total. The summed E-state index contributed by atoms with van der Waals surface area (Å²) in [6.07, 6.45) is 5.76. The Balaban J connectivity index is 1.33. The third-order valence-corrected chi connectivity index (χ3v) is 5.58. The standard InChI is InChI=1S/C21H27N5O2/c27-20(18-9-4-11-22-18)23-14-16-6-5-12-25(15-16)21(28)19-10-13-26(24-19)17-7-2-1-3-8-17/h1-3,7-8,10,13,16,18,22H,4-6,9,11-12,14-15H2,(H,23,27). The number of benzene rings is 1. The molecule has 0 aliphatic carbocycles. The lowest BCUT2D eigenvalue weighted by Crippen LogP contribution is -2.46. The van der Waals surface area contributed by atoms with Gasteiger partial charge in [0.15, 0.2) is 5.69 Å². The van der Waals surface area contributed by atoms with Crippen LogP contribution in [0.15, 0.2) is 42.6 Å². The van der Waals surface area contributed by atoms with Crippen LogP contribution in [0, 0.1) is 5.92 Å². The van der Waals surface area contributed by atoms with Crippen molar-refractivity contribution < 1.29 is 9.59 Å². The van der Waals surface area contributed by atoms with E-state index in [1.807, 2.05) is 41.4 Å². The average molecular weight is 381 g/mol. The van der Waals surface area contributed by atoms with Gasteiger partial charge in [0.1, 0.15) is 0 Å². The molecule has 0 radical (unpaired) electrons. The Hall–Kier alpha value is -2.67. The predicted octanol–water partition coefficient (Wildman–Crippen LogP) is 1.59. The predicted molar refractivity (Wildman–Crippen MR) is 106 cm³/mol. The summed E-state index contributed by atoms with van der Waals surface area (Å²) in [6.45, 7) is 2.94. The van der Waals surface area contributed by atoms with E-state index in [-0.39, 0.29) is 17.9 Å². The van der Waals surface area contributed by atoms with E-state index < -0.39 is 0 Å². The highest BCUT2D eigenvalue weighted by molar-refractivity contribution is 5.92. The van der Waals surface area contributed by atoms with Gasteiger partial charge < -0.3 is 15.5 Å². The van der Waals surface area contributed by atoms with Crippen molar-refractivity contribution in [1.29, 1.82) is 0 Å². The zero-order valence-electron chi connectivity index (χ0n) is 16.0. The van der Waals surface area contributed by atoms with Crippen molar-refractivity contribution in [2.75, 3.05) is 26.2 Å². The molecule has 28 heavy (non-hydrogen) atoms. The molecular weight excluding hydrogens is 354 g/mol. The molecule has 1 aromatic heterocycles. The topological polar surface area (TPSA) is 79.3 Å². The van der Waals surface area contributed by atoms with Crippen molar-refractivity contribution in [2.24, 2.45) is 5.92 Å². The van der Waals surface area contributed by atoms with E-state index in [9.17, 15) is 9.59 Å². The maximum atomic E-state index is 12.9. The maximum Gasteiger partial charge on any atom is 0.274 e. The van der Waals surface area contributed by atoms with Gasteiger partial charge in [-0.3, -0.25) is 9.59 Å². The van der Waals surface area contributed by atoms with Crippen molar-refractivity contribution in [3.8, 4) is 5.69 Å². The van der Waals surface area contributed by atoms with Gasteiger partial charge in [-0.1, -0.05) is 18.2 Å². The number of piperidine rings is 1. The van der Waals surface area contributed by atoms with Gasteiger partial charge in [-0.25, -0.2) is 4.68 Å². The molecule has 2 fully saturated rings. The lowest BCUT2D eigenvalue weighted by Gasteiger charge is -2.32. The molecule has 0 spiro atoms. The third-order valence-electron chi connectivity index (χ3n) is 5.58. The number of nitrogens with zero attached hydrogens (tertiary/aromatic N) is 3. The number of hydrogen-bond acceptors (Lipinski definition) is 4. The monoisotopic (exact) mass is 381 g/mol. The Morgan fingerprint density at radius 1 is 1.14 bits per heavy atom. The summed E-state index contributed by atoms with van der Waals surface area (Å²) in [6, 6.07) is 11.5. The van der Waals surface area contributed by atoms with Gasteiger partial charge in [-0.05, 0) is 56.3 Å². The summed E-state index contributed by atoms with van der Waals surface area (Å²) in [5.41, 5.74) is 1.39. The first-order valence-electron chi connectivity index (χ1n) is 10.1. The van der Waals surface area contributed by atoms with Gasteiger partial charge in [0.25, 0.3) is 5.91 Å². The second kappa shape index (κ2) is 8.56. The molecule has 2 aliphatic heterocycles. The minimum atomic E-state index is -0.0525. The van der Waals surface area contributed by atoms with E-state index in [1.165, 1.54) is 0 Å². The number of amides is 2. The first kappa shape index (κ1) is 18.7. The number of nitrogens with one attached hydrogen (secondary N) is 2. The van der Waals surface area contributed by atoms with Crippen LogP contribution in [0.2, 0.25) is 0 Å². The van der Waals surface area contributed by atoms with Crippen molar-refractivity contribution in [2.45, 2.75) is 31.7 Å². The Kier molecular flexibility index (Phi) is 5.71. The molecule has 148 valence electrons. The number of carbonyl (C=O) groups excluding carboxylic acids is 2. The average Bonchev–Trinajstić information content (AvgIpc) is 3.45. The molecule has 1 aromatic carbocycles. The molecule has 2 unspecified atom stereocenters. The number of rotatable bonds is 5. The van der Waals surface area contributed by atoms with Crippen LogP contribution < -0.4 is 10.6 Å². The lowest BCUT2D eigenvalue weighted by molar-refractivity contribution is -0.123. The molecule has 7 nitrogen and oxygen atoms in total. The summed E-state index contributed by atoms with van der Waals surface area (Å²) >= 11 is 0. The molecule has 3 heterocycles. The van der Waals surface area contributed by atoms with E-state index in [2.05, 4.69) is 15.7 Å². The molecule has 0 saturated carbocycles. The fraction of sp³-hybridized carbons (Fsp3) is 0.476. The Morgan fingerprint density at radius 2 is 2.00 bits per heavy atom. The molecular formula is C21H27N5O2. The Labute approximate surface area is 165 Å². The van der Waals surface area contributed by atoms with E-state index >= 15 is 0 Å². The van der Waals surface area contributed by atoms with Crippen molar-refractivity contribution in [1.82, 2.24) is 25.3 Å². The van der Waals surface area contributed by atoms with Crippen LogP contribution in [0.4, 0.5) is 0 Å². The van der Waals surface area contributed by atoms with Gasteiger partial charge in [-0.15, -0.1) is 0 Å². The van der Waals surface area contributed by atoms with E-state index in [0.29, 0.717) is 24.7 Å². The number of likely N-dealkylation sites (tertiary alicyclic amines) is 1. The summed E-state index contributed by atoms with van der Waals surface area (Å²) < 4.78 is 1.73. The van der Waals surface area contributed by atoms with Crippen LogP contribution in [0.3, 0.4) is 0 Å². The minimum absolute atomic E-state index is 0.0387. The molecule has 2 atom stereocenters. The number of para-hydroxylation sites is 1. The fourth-order valence-electron chi connectivity index (χ4n) is 4.02. The third kappa shape index (κ3) is 4.25. The second-order valence-electron chi connectivity index (χ2n) is 7.63. The van der Waals surface area contributed by atoms with Gasteiger partial charge in [0.2, 0.25) is 5.91 Å². The van der Waals surface area contributed by atoms with Gasteiger partial charge >= 0.3 is 0 Å². The lowest BCUT2D eigenvalue weighted by atomic mass is 9.97. The van der Waals surface area contributed by atoms with Gasteiger partial charge in [0, 0.05) is 25.8 Å². The second-order valence-corrected chi connectivity index (χ2v) is 7.63. The number of hydrogen-bond donors (Lipinski definition) is 2. The highest BCUT2D eigenvalue weighted by Crippen LogP contribution is 2.18. The number of aromatic nitrogens is 2. The SMILES string of the molecule is O=C(NCC1CCCN(C(=O)c2ccn(-c3ccccc3)n2)C1)C1CCCN1. The van der Waals surface area contributed by atoms with Gasteiger partial charge in [-0.2, -0.15) is 5.10 Å².